The van der Waals surface area contributed by atoms with Crippen LogP contribution in [0.25, 0.3) is 22.4 Å². The Bertz CT molecular complexity index is 775. The first-order chi connectivity index (χ1) is 8.56. The normalized spacial score (nSPS) is 11.2. The van der Waals surface area contributed by atoms with Gasteiger partial charge in [0.2, 0.25) is 0 Å². The number of benzene rings is 1. The molecule has 6 heteroatoms. The van der Waals surface area contributed by atoms with Gasteiger partial charge >= 0.3 is 5.76 Å². The van der Waals surface area contributed by atoms with Gasteiger partial charge in [0.1, 0.15) is 0 Å². The number of aromatic nitrogens is 3. The van der Waals surface area contributed by atoms with E-state index in [2.05, 4.69) is 4.98 Å². The Morgan fingerprint density at radius 1 is 1.33 bits per heavy atom. The van der Waals surface area contributed by atoms with E-state index in [-0.39, 0.29) is 5.76 Å². The lowest BCUT2D eigenvalue weighted by atomic mass is 10.1. The molecule has 0 saturated heterocycles. The first-order valence-corrected chi connectivity index (χ1v) is 5.45. The third kappa shape index (κ3) is 1.42. The molecule has 1 aromatic carbocycles. The molecule has 0 saturated carbocycles. The lowest BCUT2D eigenvalue weighted by Gasteiger charge is -1.97. The topological polar surface area (TPSA) is 79.0 Å². The van der Waals surface area contributed by atoms with Gasteiger partial charge in [-0.2, -0.15) is 0 Å². The smallest absolute Gasteiger partial charge is 0.408 e. The lowest BCUT2D eigenvalue weighted by Crippen LogP contribution is -2.08. The van der Waals surface area contributed by atoms with Crippen LogP contribution in [0, 0.1) is 0 Å². The van der Waals surface area contributed by atoms with Crippen LogP contribution in [0.1, 0.15) is 0 Å². The van der Waals surface area contributed by atoms with Crippen LogP contribution in [0.5, 0.6) is 0 Å². The summed E-state index contributed by atoms with van der Waals surface area (Å²) in [4.78, 5) is 15.6. The van der Waals surface area contributed by atoms with E-state index < -0.39 is 0 Å². The third-order valence-corrected chi connectivity index (χ3v) is 3.00. The zero-order chi connectivity index (χ0) is 12.9. The molecule has 0 radical (unpaired) electrons. The van der Waals surface area contributed by atoms with Crippen molar-refractivity contribution in [2.24, 2.45) is 14.1 Å². The summed E-state index contributed by atoms with van der Waals surface area (Å²) in [5.41, 5.74) is 8.67. The van der Waals surface area contributed by atoms with Crippen LogP contribution < -0.4 is 11.5 Å². The zero-order valence-corrected chi connectivity index (χ0v) is 10.0. The average molecular weight is 244 g/mol. The molecule has 2 N–H and O–H groups in total. The summed E-state index contributed by atoms with van der Waals surface area (Å²) in [6, 6.07) is 5.48. The Balaban J connectivity index is 2.24. The van der Waals surface area contributed by atoms with E-state index in [9.17, 15) is 4.79 Å². The molecule has 0 bridgehead atoms. The number of anilines is 1. The zero-order valence-electron chi connectivity index (χ0n) is 10.0. The van der Waals surface area contributed by atoms with E-state index in [1.54, 1.807) is 17.7 Å². The Morgan fingerprint density at radius 2 is 2.11 bits per heavy atom. The largest absolute Gasteiger partial charge is 0.419 e. The fraction of sp³-hybridized carbons (Fsp3) is 0.167. The average Bonchev–Trinajstić information content (AvgIpc) is 2.82. The number of rotatable bonds is 1. The summed E-state index contributed by atoms with van der Waals surface area (Å²) < 4.78 is 8.28. The van der Waals surface area contributed by atoms with Crippen LogP contribution in [0.2, 0.25) is 0 Å². The number of fused-ring (bicyclic) bond motifs is 1. The number of oxazole rings is 1. The predicted octanol–water partition coefficient (Wildman–Crippen LogP) is 1.11. The SMILES string of the molecule is Cn1cc(-c2ccc3oc(=O)n(C)c3c2)nc1N. The van der Waals surface area contributed by atoms with Crippen molar-refractivity contribution in [3.05, 3.63) is 34.9 Å². The Morgan fingerprint density at radius 3 is 2.78 bits per heavy atom. The molecular weight excluding hydrogens is 232 g/mol. The molecule has 2 aromatic heterocycles. The van der Waals surface area contributed by atoms with Gasteiger partial charge in [-0.05, 0) is 18.2 Å². The highest BCUT2D eigenvalue weighted by molar-refractivity contribution is 5.79. The second-order valence-electron chi connectivity index (χ2n) is 4.20. The molecule has 0 unspecified atom stereocenters. The van der Waals surface area contributed by atoms with Gasteiger partial charge in [-0.25, -0.2) is 9.78 Å². The van der Waals surface area contributed by atoms with Crippen molar-refractivity contribution < 1.29 is 4.42 Å². The molecule has 18 heavy (non-hydrogen) atoms. The molecule has 92 valence electrons. The van der Waals surface area contributed by atoms with Gasteiger partial charge in [0.05, 0.1) is 11.2 Å². The van der Waals surface area contributed by atoms with Gasteiger partial charge < -0.3 is 14.7 Å². The molecule has 6 nitrogen and oxygen atoms in total. The van der Waals surface area contributed by atoms with Crippen molar-refractivity contribution in [3.8, 4) is 11.3 Å². The van der Waals surface area contributed by atoms with Gasteiger partial charge in [0.25, 0.3) is 0 Å². The standard InChI is InChI=1S/C12H12N4O2/c1-15-6-8(14-11(15)13)7-3-4-10-9(5-7)16(2)12(17)18-10/h3-6H,1-2H3,(H2,13,14). The van der Waals surface area contributed by atoms with Crippen molar-refractivity contribution in [3.63, 3.8) is 0 Å². The first-order valence-electron chi connectivity index (χ1n) is 5.45. The Labute approximate surface area is 102 Å². The molecule has 2 heterocycles. The highest BCUT2D eigenvalue weighted by Crippen LogP contribution is 2.23. The third-order valence-electron chi connectivity index (χ3n) is 3.00. The number of nitrogens with zero attached hydrogens (tertiary/aromatic N) is 3. The predicted molar refractivity (Wildman–Crippen MR) is 68.1 cm³/mol. The number of nitrogen functional groups attached to an aromatic ring is 1. The Kier molecular flexibility index (Phi) is 2.07. The summed E-state index contributed by atoms with van der Waals surface area (Å²) in [6.45, 7) is 0. The van der Waals surface area contributed by atoms with Crippen LogP contribution in [0.15, 0.2) is 33.6 Å². The minimum atomic E-state index is -0.373. The van der Waals surface area contributed by atoms with Gasteiger partial charge in [0, 0.05) is 25.9 Å². The summed E-state index contributed by atoms with van der Waals surface area (Å²) >= 11 is 0. The minimum Gasteiger partial charge on any atom is -0.408 e. The Hall–Kier alpha value is -2.50. The number of nitrogens with two attached hydrogens (primary N) is 1. The van der Waals surface area contributed by atoms with E-state index in [0.29, 0.717) is 11.5 Å². The number of hydrogen-bond donors (Lipinski definition) is 1. The summed E-state index contributed by atoms with van der Waals surface area (Å²) in [5, 5.41) is 0. The van der Waals surface area contributed by atoms with E-state index in [1.165, 1.54) is 4.57 Å². The lowest BCUT2D eigenvalue weighted by molar-refractivity contribution is 0.528. The maximum atomic E-state index is 11.4. The van der Waals surface area contributed by atoms with Crippen molar-refractivity contribution in [1.82, 2.24) is 14.1 Å². The molecule has 0 atom stereocenters. The minimum absolute atomic E-state index is 0.373. The van der Waals surface area contributed by atoms with E-state index >= 15 is 0 Å². The molecule has 0 fully saturated rings. The fourth-order valence-corrected chi connectivity index (χ4v) is 1.91. The van der Waals surface area contributed by atoms with Crippen LogP contribution in [-0.2, 0) is 14.1 Å². The van der Waals surface area contributed by atoms with Gasteiger partial charge in [-0.1, -0.05) is 0 Å². The molecular formula is C12H12N4O2. The second kappa shape index (κ2) is 3.49. The van der Waals surface area contributed by atoms with Crippen molar-refractivity contribution in [1.29, 1.82) is 0 Å². The van der Waals surface area contributed by atoms with Crippen LogP contribution in [-0.4, -0.2) is 14.1 Å². The van der Waals surface area contributed by atoms with Gasteiger partial charge in [-0.3, -0.25) is 4.57 Å². The molecule has 0 aliphatic rings. The van der Waals surface area contributed by atoms with Crippen molar-refractivity contribution in [2.75, 3.05) is 5.73 Å². The maximum Gasteiger partial charge on any atom is 0.419 e. The summed E-state index contributed by atoms with van der Waals surface area (Å²) in [5.74, 6) is 0.0777. The molecule has 0 aliphatic heterocycles. The molecule has 0 spiro atoms. The van der Waals surface area contributed by atoms with E-state index in [1.807, 2.05) is 25.4 Å². The van der Waals surface area contributed by atoms with Crippen LogP contribution >= 0.6 is 0 Å². The van der Waals surface area contributed by atoms with Crippen molar-refractivity contribution in [2.45, 2.75) is 0 Å². The number of imidazole rings is 1. The van der Waals surface area contributed by atoms with Gasteiger partial charge in [0.15, 0.2) is 11.5 Å². The molecule has 0 aliphatic carbocycles. The highest BCUT2D eigenvalue weighted by atomic mass is 16.4. The first kappa shape index (κ1) is 10.6. The number of hydrogen-bond acceptors (Lipinski definition) is 4. The monoisotopic (exact) mass is 244 g/mol. The summed E-state index contributed by atoms with van der Waals surface area (Å²) in [7, 11) is 3.50. The molecule has 3 rings (SSSR count). The maximum absolute atomic E-state index is 11.4. The second-order valence-corrected chi connectivity index (χ2v) is 4.20. The van der Waals surface area contributed by atoms with E-state index in [0.717, 1.165) is 16.8 Å². The van der Waals surface area contributed by atoms with Gasteiger partial charge in [-0.15, -0.1) is 0 Å². The van der Waals surface area contributed by atoms with Crippen molar-refractivity contribution >= 4 is 17.0 Å². The molecule has 3 aromatic rings. The number of aryl methyl sites for hydroxylation is 2. The molecule has 0 amide bonds. The van der Waals surface area contributed by atoms with E-state index in [4.69, 9.17) is 10.2 Å². The van der Waals surface area contributed by atoms with Crippen LogP contribution in [0.3, 0.4) is 0 Å². The van der Waals surface area contributed by atoms with Crippen LogP contribution in [0.4, 0.5) is 5.95 Å². The quantitative estimate of drug-likeness (QED) is 0.695. The summed E-state index contributed by atoms with van der Waals surface area (Å²) in [6.07, 6.45) is 1.84. The fourth-order valence-electron chi connectivity index (χ4n) is 1.91. The highest BCUT2D eigenvalue weighted by Gasteiger charge is 2.09.